The van der Waals surface area contributed by atoms with E-state index < -0.39 is 16.7 Å². The number of benzene rings is 2. The molecule has 0 fully saturated rings. The Morgan fingerprint density at radius 1 is 1.00 bits per heavy atom. The Morgan fingerprint density at radius 3 is 2.24 bits per heavy atom. The Hall–Kier alpha value is -4.73. The van der Waals surface area contributed by atoms with E-state index in [0.717, 1.165) is 4.90 Å². The molecule has 0 spiro atoms. The van der Waals surface area contributed by atoms with Gasteiger partial charge >= 0.3 is 0 Å². The van der Waals surface area contributed by atoms with Crippen molar-refractivity contribution in [2.75, 3.05) is 10.6 Å². The molecule has 0 unspecified atom stereocenters. The molecule has 3 aromatic rings. The summed E-state index contributed by atoms with van der Waals surface area (Å²) < 4.78 is 5.28. The molecule has 4 rings (SSSR count). The van der Waals surface area contributed by atoms with Crippen molar-refractivity contribution in [2.24, 2.45) is 0 Å². The molecule has 0 saturated carbocycles. The highest BCUT2D eigenvalue weighted by Crippen LogP contribution is 2.32. The van der Waals surface area contributed by atoms with Crippen molar-refractivity contribution in [3.63, 3.8) is 0 Å². The molecule has 0 bridgehead atoms. The third-order valence-electron chi connectivity index (χ3n) is 4.90. The summed E-state index contributed by atoms with van der Waals surface area (Å²) in [5.74, 6) is -0.900. The molecular weight excluding hydrogens is 428 g/mol. The molecule has 0 aliphatic carbocycles. The summed E-state index contributed by atoms with van der Waals surface area (Å²) in [5, 5.41) is 16.6. The smallest absolute Gasteiger partial charge is 0.278 e. The number of imide groups is 1. The van der Waals surface area contributed by atoms with Crippen molar-refractivity contribution in [3.8, 4) is 0 Å². The minimum absolute atomic E-state index is 0.0349. The standard InChI is InChI=1S/C23H18N4O6/c1-14(28)24-16-6-8-17(9-7-16)25-21-20(15-4-10-18(11-5-15)27(31)32)22(29)26(23(21)30)13-19-3-2-12-33-19/h2-12,25H,13H2,1H3,(H,24,28). The van der Waals surface area contributed by atoms with E-state index in [1.165, 1.54) is 37.5 Å². The maximum atomic E-state index is 13.2. The number of nitrogens with one attached hydrogen (secondary N) is 2. The molecule has 10 heteroatoms. The van der Waals surface area contributed by atoms with Crippen molar-refractivity contribution in [3.05, 3.63) is 94.1 Å². The van der Waals surface area contributed by atoms with Crippen LogP contribution in [0.4, 0.5) is 17.1 Å². The number of nitro groups is 1. The normalized spacial score (nSPS) is 13.4. The number of anilines is 2. The van der Waals surface area contributed by atoms with Gasteiger partial charge in [0.2, 0.25) is 5.91 Å². The predicted octanol–water partition coefficient (Wildman–Crippen LogP) is 3.54. The Morgan fingerprint density at radius 2 is 1.67 bits per heavy atom. The van der Waals surface area contributed by atoms with Gasteiger partial charge < -0.3 is 15.1 Å². The van der Waals surface area contributed by atoms with Gasteiger partial charge in [0.1, 0.15) is 11.5 Å². The van der Waals surface area contributed by atoms with Crippen LogP contribution in [0.3, 0.4) is 0 Å². The number of carbonyl (C=O) groups is 3. The lowest BCUT2D eigenvalue weighted by molar-refractivity contribution is -0.384. The number of hydrogen-bond donors (Lipinski definition) is 2. The average molecular weight is 446 g/mol. The lowest BCUT2D eigenvalue weighted by Crippen LogP contribution is -2.31. The molecule has 2 N–H and O–H groups in total. The summed E-state index contributed by atoms with van der Waals surface area (Å²) in [4.78, 5) is 49.1. The van der Waals surface area contributed by atoms with Gasteiger partial charge in [-0.15, -0.1) is 0 Å². The molecule has 2 heterocycles. The van der Waals surface area contributed by atoms with Gasteiger partial charge in [0, 0.05) is 30.4 Å². The summed E-state index contributed by atoms with van der Waals surface area (Å²) in [7, 11) is 0. The minimum atomic E-state index is -0.560. The van der Waals surface area contributed by atoms with E-state index in [0.29, 0.717) is 22.7 Å². The second-order valence-corrected chi connectivity index (χ2v) is 7.21. The summed E-state index contributed by atoms with van der Waals surface area (Å²) in [6.07, 6.45) is 1.45. The quantitative estimate of drug-likeness (QED) is 0.322. The van der Waals surface area contributed by atoms with Gasteiger partial charge in [-0.3, -0.25) is 29.4 Å². The third-order valence-corrected chi connectivity index (χ3v) is 4.90. The molecule has 3 amide bonds. The van der Waals surface area contributed by atoms with E-state index in [-0.39, 0.29) is 29.4 Å². The van der Waals surface area contributed by atoms with Crippen LogP contribution in [0.5, 0.6) is 0 Å². The molecule has 1 aliphatic heterocycles. The number of nitro benzene ring substituents is 1. The second kappa shape index (κ2) is 8.79. The van der Waals surface area contributed by atoms with Gasteiger partial charge in [-0.2, -0.15) is 0 Å². The Balaban J connectivity index is 1.70. The van der Waals surface area contributed by atoms with Crippen molar-refractivity contribution in [2.45, 2.75) is 13.5 Å². The first-order valence-electron chi connectivity index (χ1n) is 9.86. The highest BCUT2D eigenvalue weighted by atomic mass is 16.6. The van der Waals surface area contributed by atoms with Crippen LogP contribution in [-0.4, -0.2) is 27.5 Å². The number of rotatable bonds is 7. The fourth-order valence-electron chi connectivity index (χ4n) is 3.40. The number of non-ortho nitro benzene ring substituents is 1. The average Bonchev–Trinajstić information content (AvgIpc) is 3.38. The first-order chi connectivity index (χ1) is 15.8. The van der Waals surface area contributed by atoms with Crippen LogP contribution in [-0.2, 0) is 20.9 Å². The number of amides is 3. The SMILES string of the molecule is CC(=O)Nc1ccc(NC2=C(c3ccc([N+](=O)[O-])cc3)C(=O)N(Cc3ccco3)C2=O)cc1. The molecule has 33 heavy (non-hydrogen) atoms. The second-order valence-electron chi connectivity index (χ2n) is 7.21. The van der Waals surface area contributed by atoms with Crippen LogP contribution in [0.1, 0.15) is 18.2 Å². The highest BCUT2D eigenvalue weighted by Gasteiger charge is 2.39. The third kappa shape index (κ3) is 4.49. The monoisotopic (exact) mass is 446 g/mol. The van der Waals surface area contributed by atoms with Gasteiger partial charge in [-0.25, -0.2) is 0 Å². The Kier molecular flexibility index (Phi) is 5.73. The fourth-order valence-corrected chi connectivity index (χ4v) is 3.40. The zero-order chi connectivity index (χ0) is 23.5. The predicted molar refractivity (Wildman–Crippen MR) is 119 cm³/mol. The highest BCUT2D eigenvalue weighted by molar-refractivity contribution is 6.36. The molecule has 1 aliphatic rings. The van der Waals surface area contributed by atoms with E-state index in [9.17, 15) is 24.5 Å². The van der Waals surface area contributed by atoms with Gasteiger partial charge in [-0.05, 0) is 54.1 Å². The Bertz CT molecular complexity index is 1260. The summed E-state index contributed by atoms with van der Waals surface area (Å²) in [6.45, 7) is 1.33. The van der Waals surface area contributed by atoms with E-state index >= 15 is 0 Å². The molecule has 10 nitrogen and oxygen atoms in total. The van der Waals surface area contributed by atoms with E-state index in [4.69, 9.17) is 4.42 Å². The molecule has 1 aromatic heterocycles. The molecule has 166 valence electrons. The molecule has 0 saturated heterocycles. The van der Waals surface area contributed by atoms with Crippen molar-refractivity contribution in [1.82, 2.24) is 4.90 Å². The van der Waals surface area contributed by atoms with E-state index in [1.807, 2.05) is 0 Å². The van der Waals surface area contributed by atoms with E-state index in [1.54, 1.807) is 36.4 Å². The van der Waals surface area contributed by atoms with Gasteiger partial charge in [0.25, 0.3) is 17.5 Å². The summed E-state index contributed by atoms with van der Waals surface area (Å²) >= 11 is 0. The number of nitrogens with zero attached hydrogens (tertiary/aromatic N) is 2. The minimum Gasteiger partial charge on any atom is -0.467 e. The van der Waals surface area contributed by atoms with Gasteiger partial charge in [-0.1, -0.05) is 0 Å². The number of hydrogen-bond acceptors (Lipinski definition) is 7. The van der Waals surface area contributed by atoms with Gasteiger partial charge in [0.15, 0.2) is 0 Å². The zero-order valence-electron chi connectivity index (χ0n) is 17.4. The lowest BCUT2D eigenvalue weighted by atomic mass is 10.0. The van der Waals surface area contributed by atoms with Crippen LogP contribution in [0.25, 0.3) is 5.57 Å². The number of carbonyl (C=O) groups excluding carboxylic acids is 3. The molecular formula is C23H18N4O6. The van der Waals surface area contributed by atoms with Crippen LogP contribution in [0.15, 0.2) is 77.0 Å². The van der Waals surface area contributed by atoms with Crippen molar-refractivity contribution < 1.29 is 23.7 Å². The van der Waals surface area contributed by atoms with Crippen molar-refractivity contribution in [1.29, 1.82) is 0 Å². The van der Waals surface area contributed by atoms with Crippen LogP contribution in [0, 0.1) is 10.1 Å². The van der Waals surface area contributed by atoms with Crippen molar-refractivity contribution >= 4 is 40.4 Å². The van der Waals surface area contributed by atoms with Crippen LogP contribution < -0.4 is 10.6 Å². The molecule has 0 atom stereocenters. The molecule has 2 aromatic carbocycles. The largest absolute Gasteiger partial charge is 0.467 e. The summed E-state index contributed by atoms with van der Waals surface area (Å²) in [5.41, 5.74) is 1.44. The lowest BCUT2D eigenvalue weighted by Gasteiger charge is -2.13. The molecule has 0 radical (unpaired) electrons. The van der Waals surface area contributed by atoms with Crippen LogP contribution >= 0.6 is 0 Å². The number of furan rings is 1. The Labute approximate surface area is 187 Å². The topological polar surface area (TPSA) is 135 Å². The van der Waals surface area contributed by atoms with E-state index in [2.05, 4.69) is 10.6 Å². The summed E-state index contributed by atoms with van der Waals surface area (Å²) in [6, 6.07) is 15.3. The first-order valence-corrected chi connectivity index (χ1v) is 9.86. The fraction of sp³-hybridized carbons (Fsp3) is 0.0870. The maximum absolute atomic E-state index is 13.2. The van der Waals surface area contributed by atoms with Crippen LogP contribution in [0.2, 0.25) is 0 Å². The maximum Gasteiger partial charge on any atom is 0.278 e. The van der Waals surface area contributed by atoms with Gasteiger partial charge in [0.05, 0.1) is 23.3 Å². The first kappa shape index (κ1) is 21.5. The zero-order valence-corrected chi connectivity index (χ0v) is 17.4.